The molecule has 0 atom stereocenters. The molecule has 3 heterocycles. The van der Waals surface area contributed by atoms with Crippen LogP contribution in [0.25, 0.3) is 21.5 Å². The molecule has 3 aromatic heterocycles. The van der Waals surface area contributed by atoms with Gasteiger partial charge in [-0.05, 0) is 23.6 Å². The van der Waals surface area contributed by atoms with E-state index in [0.717, 1.165) is 9.44 Å². The molecule has 4 aromatic rings. The molecule has 0 amide bonds. The number of carbonyl (C=O) groups excluding carboxylic acids is 1. The van der Waals surface area contributed by atoms with Gasteiger partial charge in [0.25, 0.3) is 5.56 Å². The number of rotatable bonds is 4. The van der Waals surface area contributed by atoms with Crippen LogP contribution in [0.4, 0.5) is 0 Å². The fourth-order valence-corrected chi connectivity index (χ4v) is 3.72. The van der Waals surface area contributed by atoms with Crippen molar-refractivity contribution in [1.29, 1.82) is 0 Å². The van der Waals surface area contributed by atoms with Gasteiger partial charge in [-0.25, -0.2) is 14.6 Å². The Kier molecular flexibility index (Phi) is 4.85. The Morgan fingerprint density at radius 1 is 1.07 bits per heavy atom. The third-order valence-electron chi connectivity index (χ3n) is 4.69. The Labute approximate surface area is 169 Å². The highest BCUT2D eigenvalue weighted by atomic mass is 32.1. The molecule has 29 heavy (non-hydrogen) atoms. The minimum Gasteiger partial charge on any atom is -0.456 e. The maximum Gasteiger partial charge on any atom is 0.339 e. The number of pyridine rings is 1. The summed E-state index contributed by atoms with van der Waals surface area (Å²) in [6.45, 7) is -0.189. The van der Waals surface area contributed by atoms with Crippen LogP contribution in [0.5, 0.6) is 0 Å². The molecule has 0 saturated heterocycles. The fraction of sp³-hybridized carbons (Fsp3) is 0.143. The zero-order valence-electron chi connectivity index (χ0n) is 15.8. The number of ether oxygens (including phenoxy) is 1. The lowest BCUT2D eigenvalue weighted by molar-refractivity contribution is 0.0465. The SMILES string of the molecule is Cn1c(COC(=O)c2cc(-c3cccs3)nc3ccccc23)cc(=O)n(C)c1=O. The van der Waals surface area contributed by atoms with Crippen LogP contribution in [0.2, 0.25) is 0 Å². The molecule has 0 unspecified atom stereocenters. The molecule has 0 aliphatic heterocycles. The second-order valence-corrected chi connectivity index (χ2v) is 7.45. The van der Waals surface area contributed by atoms with Crippen molar-refractivity contribution in [3.63, 3.8) is 0 Å². The molecule has 146 valence electrons. The molecule has 0 spiro atoms. The van der Waals surface area contributed by atoms with Crippen LogP contribution < -0.4 is 11.2 Å². The van der Waals surface area contributed by atoms with Crippen LogP contribution in [-0.4, -0.2) is 20.1 Å². The van der Waals surface area contributed by atoms with Gasteiger partial charge in [0.15, 0.2) is 0 Å². The summed E-state index contributed by atoms with van der Waals surface area (Å²) in [7, 11) is 2.93. The quantitative estimate of drug-likeness (QED) is 0.486. The predicted molar refractivity (Wildman–Crippen MR) is 111 cm³/mol. The number of para-hydroxylation sites is 1. The largest absolute Gasteiger partial charge is 0.456 e. The zero-order chi connectivity index (χ0) is 20.5. The normalized spacial score (nSPS) is 11.0. The number of benzene rings is 1. The molecule has 0 aliphatic rings. The third kappa shape index (κ3) is 3.50. The van der Waals surface area contributed by atoms with Crippen LogP contribution in [0, 0.1) is 0 Å². The highest BCUT2D eigenvalue weighted by Gasteiger charge is 2.17. The van der Waals surface area contributed by atoms with E-state index in [2.05, 4.69) is 4.98 Å². The van der Waals surface area contributed by atoms with Crippen molar-refractivity contribution in [1.82, 2.24) is 14.1 Å². The average Bonchev–Trinajstić information content (AvgIpc) is 3.27. The molecule has 1 aromatic carbocycles. The molecule has 4 rings (SSSR count). The van der Waals surface area contributed by atoms with Crippen LogP contribution in [-0.2, 0) is 25.4 Å². The lowest BCUT2D eigenvalue weighted by Gasteiger charge is -2.12. The topological polar surface area (TPSA) is 83.2 Å². The van der Waals surface area contributed by atoms with Gasteiger partial charge in [-0.2, -0.15) is 0 Å². The lowest BCUT2D eigenvalue weighted by Crippen LogP contribution is -2.38. The zero-order valence-corrected chi connectivity index (χ0v) is 16.6. The van der Waals surface area contributed by atoms with Gasteiger partial charge in [-0.1, -0.05) is 24.3 Å². The van der Waals surface area contributed by atoms with Crippen molar-refractivity contribution in [3.8, 4) is 10.6 Å². The number of hydrogen-bond donors (Lipinski definition) is 0. The Bertz CT molecular complexity index is 1340. The van der Waals surface area contributed by atoms with Gasteiger partial charge >= 0.3 is 11.7 Å². The molecule has 0 N–H and O–H groups in total. The summed E-state index contributed by atoms with van der Waals surface area (Å²) < 4.78 is 7.74. The fourth-order valence-electron chi connectivity index (χ4n) is 3.03. The van der Waals surface area contributed by atoms with E-state index in [0.29, 0.717) is 27.9 Å². The maximum atomic E-state index is 12.9. The Hall–Kier alpha value is -3.52. The highest BCUT2D eigenvalue weighted by molar-refractivity contribution is 7.13. The van der Waals surface area contributed by atoms with E-state index < -0.39 is 17.2 Å². The van der Waals surface area contributed by atoms with Gasteiger partial charge in [0, 0.05) is 25.5 Å². The summed E-state index contributed by atoms with van der Waals surface area (Å²) in [5, 5.41) is 2.62. The van der Waals surface area contributed by atoms with E-state index in [9.17, 15) is 14.4 Å². The number of esters is 1. The van der Waals surface area contributed by atoms with Crippen molar-refractivity contribution in [2.45, 2.75) is 6.61 Å². The van der Waals surface area contributed by atoms with Crippen molar-refractivity contribution < 1.29 is 9.53 Å². The van der Waals surface area contributed by atoms with Crippen molar-refractivity contribution >= 4 is 28.2 Å². The molecular formula is C21H17N3O4S. The molecule has 7 nitrogen and oxygen atoms in total. The van der Waals surface area contributed by atoms with E-state index in [1.54, 1.807) is 6.07 Å². The second kappa shape index (κ2) is 7.48. The van der Waals surface area contributed by atoms with Gasteiger partial charge in [0.05, 0.1) is 27.3 Å². The van der Waals surface area contributed by atoms with E-state index in [-0.39, 0.29) is 6.61 Å². The van der Waals surface area contributed by atoms with Crippen LogP contribution in [0.3, 0.4) is 0 Å². The maximum absolute atomic E-state index is 12.9. The molecule has 0 radical (unpaired) electrons. The number of nitrogens with zero attached hydrogens (tertiary/aromatic N) is 3. The Balaban J connectivity index is 1.71. The lowest BCUT2D eigenvalue weighted by atomic mass is 10.1. The van der Waals surface area contributed by atoms with E-state index >= 15 is 0 Å². The Morgan fingerprint density at radius 3 is 2.62 bits per heavy atom. The summed E-state index contributed by atoms with van der Waals surface area (Å²) in [5.41, 5.74) is 1.15. The van der Waals surface area contributed by atoms with Gasteiger partial charge in [-0.15, -0.1) is 11.3 Å². The number of fused-ring (bicyclic) bond motifs is 1. The number of hydrogen-bond acceptors (Lipinski definition) is 6. The van der Waals surface area contributed by atoms with Crippen molar-refractivity contribution in [2.24, 2.45) is 14.1 Å². The predicted octanol–water partition coefficient (Wildman–Crippen LogP) is 2.72. The summed E-state index contributed by atoms with van der Waals surface area (Å²) in [6.07, 6.45) is 0. The van der Waals surface area contributed by atoms with Crippen LogP contribution in [0.15, 0.2) is 63.5 Å². The van der Waals surface area contributed by atoms with Gasteiger partial charge in [0.2, 0.25) is 0 Å². The first kappa shape index (κ1) is 18.8. The minimum atomic E-state index is -0.547. The van der Waals surface area contributed by atoms with Crippen molar-refractivity contribution in [2.75, 3.05) is 0 Å². The summed E-state index contributed by atoms with van der Waals surface area (Å²) in [6, 6.07) is 14.2. The summed E-state index contributed by atoms with van der Waals surface area (Å²) >= 11 is 1.53. The smallest absolute Gasteiger partial charge is 0.339 e. The van der Waals surface area contributed by atoms with Gasteiger partial charge < -0.3 is 4.74 Å². The Morgan fingerprint density at radius 2 is 1.86 bits per heavy atom. The summed E-state index contributed by atoms with van der Waals surface area (Å²) in [4.78, 5) is 42.4. The first-order chi connectivity index (χ1) is 14.0. The molecule has 0 bridgehead atoms. The monoisotopic (exact) mass is 407 g/mol. The van der Waals surface area contributed by atoms with E-state index in [1.807, 2.05) is 41.8 Å². The van der Waals surface area contributed by atoms with Gasteiger partial charge in [-0.3, -0.25) is 13.9 Å². The van der Waals surface area contributed by atoms with Crippen LogP contribution >= 0.6 is 11.3 Å². The molecule has 8 heteroatoms. The second-order valence-electron chi connectivity index (χ2n) is 6.50. The molecule has 0 fully saturated rings. The van der Waals surface area contributed by atoms with Crippen LogP contribution in [0.1, 0.15) is 16.1 Å². The van der Waals surface area contributed by atoms with E-state index in [4.69, 9.17) is 4.74 Å². The van der Waals surface area contributed by atoms with Gasteiger partial charge in [0.1, 0.15) is 6.61 Å². The first-order valence-corrected chi connectivity index (χ1v) is 9.70. The summed E-state index contributed by atoms with van der Waals surface area (Å²) in [5.74, 6) is -0.547. The standard InChI is InChI=1S/C21H17N3O4S/c1-23-13(10-19(25)24(2)21(23)27)12-28-20(26)15-11-17(18-8-5-9-29-18)22-16-7-4-3-6-14(15)16/h3-11H,12H2,1-2H3. The molecule has 0 aliphatic carbocycles. The highest BCUT2D eigenvalue weighted by Crippen LogP contribution is 2.28. The number of carbonyl (C=O) groups is 1. The molecule has 0 saturated carbocycles. The number of thiophene rings is 1. The first-order valence-electron chi connectivity index (χ1n) is 8.82. The minimum absolute atomic E-state index is 0.189. The average molecular weight is 407 g/mol. The van der Waals surface area contributed by atoms with Crippen molar-refractivity contribution in [3.05, 3.63) is 86.0 Å². The van der Waals surface area contributed by atoms with E-state index in [1.165, 1.54) is 36.1 Å². The number of aromatic nitrogens is 3. The molecular weight excluding hydrogens is 390 g/mol. The third-order valence-corrected chi connectivity index (χ3v) is 5.58.